The van der Waals surface area contributed by atoms with Gasteiger partial charge in [-0.3, -0.25) is 4.98 Å². The standard InChI is InChI=1S/C18H17BrF3NO3S/c1-11-7-13(19)10-23-17(11)16-9-15(5-6-26-16)27(24,25)14-4-2-3-12(8-14)18(20,21)22/h2-4,7-8,10,15-16H,5-6,9H2,1H3. The van der Waals surface area contributed by atoms with E-state index in [4.69, 9.17) is 4.74 Å². The lowest BCUT2D eigenvalue weighted by molar-refractivity contribution is -0.137. The van der Waals surface area contributed by atoms with E-state index in [9.17, 15) is 21.6 Å². The van der Waals surface area contributed by atoms with Gasteiger partial charge in [-0.05, 0) is 65.5 Å². The van der Waals surface area contributed by atoms with Crippen LogP contribution in [-0.4, -0.2) is 25.3 Å². The van der Waals surface area contributed by atoms with Crippen molar-refractivity contribution in [1.29, 1.82) is 0 Å². The second-order valence-electron chi connectivity index (χ2n) is 6.43. The normalized spacial score (nSPS) is 21.2. The SMILES string of the molecule is Cc1cc(Br)cnc1C1CC(S(=O)(=O)c2cccc(C(F)(F)F)c2)CCO1. The Morgan fingerprint density at radius 1 is 1.26 bits per heavy atom. The zero-order valence-corrected chi connectivity index (χ0v) is 16.7. The minimum absolute atomic E-state index is 0.147. The van der Waals surface area contributed by atoms with Crippen molar-refractivity contribution in [2.75, 3.05) is 6.61 Å². The Bertz CT molecular complexity index is 947. The van der Waals surface area contributed by atoms with Crippen molar-refractivity contribution in [3.8, 4) is 0 Å². The molecule has 27 heavy (non-hydrogen) atoms. The fraction of sp³-hybridized carbons (Fsp3) is 0.389. The number of hydrogen-bond acceptors (Lipinski definition) is 4. The van der Waals surface area contributed by atoms with Gasteiger partial charge in [-0.25, -0.2) is 8.42 Å². The van der Waals surface area contributed by atoms with Gasteiger partial charge in [0, 0.05) is 17.3 Å². The third kappa shape index (κ3) is 4.35. The van der Waals surface area contributed by atoms with Crippen LogP contribution in [0.3, 0.4) is 0 Å². The number of ether oxygens (including phenoxy) is 1. The first-order valence-electron chi connectivity index (χ1n) is 8.24. The summed E-state index contributed by atoms with van der Waals surface area (Å²) in [4.78, 5) is 4.01. The molecule has 2 aromatic rings. The first kappa shape index (κ1) is 20.3. The van der Waals surface area contributed by atoms with Gasteiger partial charge in [0.15, 0.2) is 9.84 Å². The molecule has 0 saturated carbocycles. The number of aryl methyl sites for hydroxylation is 1. The minimum atomic E-state index is -4.60. The number of benzene rings is 1. The Morgan fingerprint density at radius 3 is 2.67 bits per heavy atom. The summed E-state index contributed by atoms with van der Waals surface area (Å²) in [5.41, 5.74) is 0.520. The topological polar surface area (TPSA) is 56.3 Å². The van der Waals surface area contributed by atoms with E-state index < -0.39 is 32.9 Å². The van der Waals surface area contributed by atoms with E-state index in [1.54, 1.807) is 6.20 Å². The highest BCUT2D eigenvalue weighted by Gasteiger charge is 2.37. The van der Waals surface area contributed by atoms with Crippen molar-refractivity contribution in [2.45, 2.75) is 42.2 Å². The van der Waals surface area contributed by atoms with Gasteiger partial charge in [0.2, 0.25) is 0 Å². The van der Waals surface area contributed by atoms with Crippen LogP contribution in [0.15, 0.2) is 45.9 Å². The number of halogens is 4. The molecule has 4 nitrogen and oxygen atoms in total. The zero-order chi connectivity index (χ0) is 19.8. The summed E-state index contributed by atoms with van der Waals surface area (Å²) < 4.78 is 71.2. The molecule has 0 spiro atoms. The summed E-state index contributed by atoms with van der Waals surface area (Å²) >= 11 is 3.33. The van der Waals surface area contributed by atoms with E-state index in [1.165, 1.54) is 6.07 Å². The fourth-order valence-corrected chi connectivity index (χ4v) is 5.39. The van der Waals surface area contributed by atoms with Crippen LogP contribution < -0.4 is 0 Å². The van der Waals surface area contributed by atoms with Gasteiger partial charge in [-0.2, -0.15) is 13.2 Å². The molecule has 1 aromatic heterocycles. The Hall–Kier alpha value is -1.45. The van der Waals surface area contributed by atoms with Crippen LogP contribution in [0.1, 0.15) is 35.8 Å². The van der Waals surface area contributed by atoms with Gasteiger partial charge in [-0.1, -0.05) is 6.07 Å². The molecule has 2 heterocycles. The monoisotopic (exact) mass is 463 g/mol. The van der Waals surface area contributed by atoms with E-state index >= 15 is 0 Å². The predicted octanol–water partition coefficient (Wildman–Crippen LogP) is 4.87. The number of rotatable bonds is 3. The number of aromatic nitrogens is 1. The Morgan fingerprint density at radius 2 is 2.00 bits per heavy atom. The van der Waals surface area contributed by atoms with Crippen molar-refractivity contribution in [3.05, 3.63) is 57.8 Å². The second kappa shape index (κ2) is 7.52. The minimum Gasteiger partial charge on any atom is -0.372 e. The first-order valence-corrected chi connectivity index (χ1v) is 10.6. The lowest BCUT2D eigenvalue weighted by atomic mass is 10.0. The summed E-state index contributed by atoms with van der Waals surface area (Å²) in [5.74, 6) is 0. The molecule has 0 N–H and O–H groups in total. The molecule has 1 aliphatic heterocycles. The van der Waals surface area contributed by atoms with Crippen molar-refractivity contribution < 1.29 is 26.3 Å². The Kier molecular flexibility index (Phi) is 5.65. The quantitative estimate of drug-likeness (QED) is 0.651. The molecule has 2 atom stereocenters. The molecule has 1 saturated heterocycles. The van der Waals surface area contributed by atoms with Crippen LogP contribution in [0.4, 0.5) is 13.2 Å². The summed E-state index contributed by atoms with van der Waals surface area (Å²) in [7, 11) is -3.92. The molecule has 0 bridgehead atoms. The van der Waals surface area contributed by atoms with Gasteiger partial charge < -0.3 is 4.74 Å². The van der Waals surface area contributed by atoms with Gasteiger partial charge in [0.25, 0.3) is 0 Å². The lowest BCUT2D eigenvalue weighted by Gasteiger charge is -2.30. The Labute approximate surface area is 163 Å². The fourth-order valence-electron chi connectivity index (χ4n) is 3.17. The second-order valence-corrected chi connectivity index (χ2v) is 9.58. The molecule has 2 unspecified atom stereocenters. The predicted molar refractivity (Wildman–Crippen MR) is 97.0 cm³/mol. The number of sulfone groups is 1. The maximum absolute atomic E-state index is 12.9. The van der Waals surface area contributed by atoms with Crippen molar-refractivity contribution in [2.24, 2.45) is 0 Å². The van der Waals surface area contributed by atoms with Crippen molar-refractivity contribution in [1.82, 2.24) is 4.98 Å². The van der Waals surface area contributed by atoms with E-state index in [0.29, 0.717) is 11.8 Å². The van der Waals surface area contributed by atoms with Crippen LogP contribution >= 0.6 is 15.9 Å². The largest absolute Gasteiger partial charge is 0.416 e. The highest BCUT2D eigenvalue weighted by molar-refractivity contribution is 9.10. The van der Waals surface area contributed by atoms with Gasteiger partial charge in [0.1, 0.15) is 6.10 Å². The smallest absolute Gasteiger partial charge is 0.372 e. The highest BCUT2D eigenvalue weighted by atomic mass is 79.9. The Balaban J connectivity index is 1.89. The van der Waals surface area contributed by atoms with Crippen molar-refractivity contribution >= 4 is 25.8 Å². The molecule has 1 fully saturated rings. The average molecular weight is 464 g/mol. The third-order valence-corrected chi connectivity index (χ3v) is 7.21. The van der Waals surface area contributed by atoms with Crippen LogP contribution in [0.25, 0.3) is 0 Å². The highest BCUT2D eigenvalue weighted by Crippen LogP contribution is 2.36. The third-order valence-electron chi connectivity index (χ3n) is 4.55. The maximum Gasteiger partial charge on any atom is 0.416 e. The lowest BCUT2D eigenvalue weighted by Crippen LogP contribution is -2.31. The number of nitrogens with zero attached hydrogens (tertiary/aromatic N) is 1. The van der Waals surface area contributed by atoms with Crippen LogP contribution in [0.2, 0.25) is 0 Å². The van der Waals surface area contributed by atoms with Gasteiger partial charge in [-0.15, -0.1) is 0 Å². The van der Waals surface area contributed by atoms with Crippen LogP contribution in [-0.2, 0) is 20.8 Å². The summed E-state index contributed by atoms with van der Waals surface area (Å²) in [6.45, 7) is 2.05. The van der Waals surface area contributed by atoms with E-state index in [2.05, 4.69) is 20.9 Å². The molecular weight excluding hydrogens is 447 g/mol. The molecule has 9 heteroatoms. The van der Waals surface area contributed by atoms with Gasteiger partial charge >= 0.3 is 6.18 Å². The summed E-state index contributed by atoms with van der Waals surface area (Å²) in [6.07, 6.45) is -3.13. The molecule has 1 aromatic carbocycles. The van der Waals surface area contributed by atoms with E-state index in [0.717, 1.165) is 22.2 Å². The van der Waals surface area contributed by atoms with E-state index in [-0.39, 0.29) is 24.3 Å². The average Bonchev–Trinajstić information content (AvgIpc) is 2.61. The number of alkyl halides is 3. The van der Waals surface area contributed by atoms with Crippen LogP contribution in [0.5, 0.6) is 0 Å². The number of hydrogen-bond donors (Lipinski definition) is 0. The number of pyridine rings is 1. The molecule has 0 radical (unpaired) electrons. The molecule has 0 aliphatic carbocycles. The molecule has 1 aliphatic rings. The summed E-state index contributed by atoms with van der Waals surface area (Å²) in [6, 6.07) is 5.74. The molecular formula is C18H17BrF3NO3S. The van der Waals surface area contributed by atoms with Crippen LogP contribution in [0, 0.1) is 6.92 Å². The maximum atomic E-state index is 12.9. The van der Waals surface area contributed by atoms with E-state index in [1.807, 2.05) is 13.0 Å². The molecule has 3 rings (SSSR count). The van der Waals surface area contributed by atoms with Crippen molar-refractivity contribution in [3.63, 3.8) is 0 Å². The first-order chi connectivity index (χ1) is 12.6. The molecule has 0 amide bonds. The zero-order valence-electron chi connectivity index (χ0n) is 14.3. The summed E-state index contributed by atoms with van der Waals surface area (Å²) in [5, 5.41) is -0.829. The molecule has 146 valence electrons. The van der Waals surface area contributed by atoms with Gasteiger partial charge in [0.05, 0.1) is 21.4 Å².